The van der Waals surface area contributed by atoms with Crippen LogP contribution in [-0.2, 0) is 9.59 Å². The molecule has 0 aliphatic carbocycles. The van der Waals surface area contributed by atoms with E-state index in [1.165, 1.54) is 57.8 Å². The fourth-order valence-electron chi connectivity index (χ4n) is 2.65. The summed E-state index contributed by atoms with van der Waals surface area (Å²) in [6.07, 6.45) is 14.4. The number of carbonyl (C=O) groups excluding carboxylic acids is 2. The van der Waals surface area contributed by atoms with Crippen LogP contribution in [0.3, 0.4) is 0 Å². The number of hydrogen-bond donors (Lipinski definition) is 1. The summed E-state index contributed by atoms with van der Waals surface area (Å²) >= 11 is 0. The van der Waals surface area contributed by atoms with E-state index in [1.54, 1.807) is 0 Å². The number of aliphatic carboxylic acids is 2. The molecule has 0 radical (unpaired) electrons. The maximum absolute atomic E-state index is 10.7. The van der Waals surface area contributed by atoms with Crippen LogP contribution in [0.1, 0.15) is 90.4 Å². The quantitative estimate of drug-likeness (QED) is 0.195. The fraction of sp³-hybridized carbons (Fsp3) is 0.889. The third kappa shape index (κ3) is 24.1. The van der Waals surface area contributed by atoms with Crippen LogP contribution in [-0.4, -0.2) is 24.5 Å². The summed E-state index contributed by atoms with van der Waals surface area (Å²) in [5, 5.41) is 23.8. The molecule has 0 aromatic carbocycles. The molecule has 7 heteroatoms. The summed E-state index contributed by atoms with van der Waals surface area (Å²) in [7, 11) is 0. The minimum absolute atomic E-state index is 0. The Morgan fingerprint density at radius 2 is 1.16 bits per heavy atom. The molecule has 1 N–H and O–H groups in total. The van der Waals surface area contributed by atoms with Crippen molar-refractivity contribution in [2.45, 2.75) is 96.4 Å². The third-order valence-electron chi connectivity index (χ3n) is 4.08. The molecule has 1 atom stereocenters. The second-order valence-corrected chi connectivity index (χ2v) is 6.29. The Morgan fingerprint density at radius 3 is 1.52 bits per heavy atom. The van der Waals surface area contributed by atoms with Crippen LogP contribution in [0.15, 0.2) is 0 Å². The molecule has 0 aliphatic rings. The number of unbranched alkanes of at least 4 members (excludes halogenated alkanes) is 11. The molecule has 5 nitrogen and oxygen atoms in total. The van der Waals surface area contributed by atoms with E-state index in [9.17, 15) is 19.8 Å². The zero-order chi connectivity index (χ0) is 17.3. The molecule has 0 aliphatic heterocycles. The van der Waals surface area contributed by atoms with Gasteiger partial charge in [0.2, 0.25) is 0 Å². The Hall–Kier alpha value is 2.17. The number of nitrogens with one attached hydrogen (secondary N) is 1. The molecule has 0 spiro atoms. The molecular weight excluding hydrogens is 372 g/mol. The van der Waals surface area contributed by atoms with E-state index in [4.69, 9.17) is 0 Å². The van der Waals surface area contributed by atoms with Crippen molar-refractivity contribution in [2.24, 2.45) is 0 Å². The van der Waals surface area contributed by atoms with Gasteiger partial charge in [0.05, 0.1) is 12.0 Å². The summed E-state index contributed by atoms with van der Waals surface area (Å²) in [6, 6.07) is -1.15. The van der Waals surface area contributed by atoms with Gasteiger partial charge in [-0.1, -0.05) is 77.6 Å². The molecule has 0 unspecified atom stereocenters. The predicted molar refractivity (Wildman–Crippen MR) is 87.5 cm³/mol. The SMILES string of the molecule is CCCCCCCCCCCCCCN[C@@H](CC(=O)[O-])C(=O)[O-].[K+].[K+]. The molecule has 0 aromatic rings. The topological polar surface area (TPSA) is 92.3 Å². The van der Waals surface area contributed by atoms with Gasteiger partial charge >= 0.3 is 103 Å². The molecule has 0 rings (SSSR count). The molecule has 136 valence electrons. The van der Waals surface area contributed by atoms with Crippen LogP contribution in [0.2, 0.25) is 0 Å². The van der Waals surface area contributed by atoms with E-state index in [0.717, 1.165) is 19.3 Å². The molecular formula is C18H33K2NO4. The summed E-state index contributed by atoms with van der Waals surface area (Å²) in [6.45, 7) is 2.74. The second-order valence-electron chi connectivity index (χ2n) is 6.29. The van der Waals surface area contributed by atoms with Crippen molar-refractivity contribution in [3.05, 3.63) is 0 Å². The van der Waals surface area contributed by atoms with E-state index >= 15 is 0 Å². The zero-order valence-electron chi connectivity index (χ0n) is 16.6. The van der Waals surface area contributed by atoms with Crippen LogP contribution in [0.5, 0.6) is 0 Å². The van der Waals surface area contributed by atoms with E-state index in [2.05, 4.69) is 12.2 Å². The Bertz CT molecular complexity index is 317. The Kier molecular flexibility index (Phi) is 30.8. The molecule has 0 bridgehead atoms. The summed E-state index contributed by atoms with van der Waals surface area (Å²) < 4.78 is 0. The number of rotatable bonds is 17. The smallest absolute Gasteiger partial charge is 0.550 e. The van der Waals surface area contributed by atoms with Crippen molar-refractivity contribution in [1.82, 2.24) is 5.32 Å². The number of carbonyl (C=O) groups is 2. The first-order valence-corrected chi connectivity index (χ1v) is 9.22. The molecule has 0 fully saturated rings. The average Bonchev–Trinajstić information content (AvgIpc) is 2.50. The van der Waals surface area contributed by atoms with Crippen molar-refractivity contribution >= 4 is 11.9 Å². The van der Waals surface area contributed by atoms with Gasteiger partial charge in [0.15, 0.2) is 0 Å². The van der Waals surface area contributed by atoms with Gasteiger partial charge in [-0.3, -0.25) is 0 Å². The van der Waals surface area contributed by atoms with E-state index < -0.39 is 24.4 Å². The van der Waals surface area contributed by atoms with Gasteiger partial charge < -0.3 is 25.1 Å². The van der Waals surface area contributed by atoms with Gasteiger partial charge in [-0.05, 0) is 13.0 Å². The van der Waals surface area contributed by atoms with Crippen LogP contribution < -0.4 is 118 Å². The number of carboxylic acid groups (broad SMARTS) is 2. The maximum atomic E-state index is 10.7. The van der Waals surface area contributed by atoms with E-state index in [-0.39, 0.29) is 103 Å². The molecule has 0 saturated carbocycles. The minimum atomic E-state index is -1.38. The molecule has 25 heavy (non-hydrogen) atoms. The van der Waals surface area contributed by atoms with Crippen LogP contribution in [0.25, 0.3) is 0 Å². The molecule has 0 amide bonds. The van der Waals surface area contributed by atoms with Gasteiger partial charge in [-0.25, -0.2) is 0 Å². The number of carboxylic acids is 2. The van der Waals surface area contributed by atoms with Crippen molar-refractivity contribution in [2.75, 3.05) is 6.54 Å². The molecule has 0 aromatic heterocycles. The third-order valence-corrected chi connectivity index (χ3v) is 4.08. The zero-order valence-corrected chi connectivity index (χ0v) is 22.9. The monoisotopic (exact) mass is 405 g/mol. The largest absolute Gasteiger partial charge is 1.00 e. The summed E-state index contributed by atoms with van der Waals surface area (Å²) in [4.78, 5) is 21.1. The Morgan fingerprint density at radius 1 is 0.760 bits per heavy atom. The van der Waals surface area contributed by atoms with Crippen LogP contribution in [0.4, 0.5) is 0 Å². The average molecular weight is 406 g/mol. The van der Waals surface area contributed by atoms with Crippen molar-refractivity contribution in [3.8, 4) is 0 Å². The van der Waals surface area contributed by atoms with Gasteiger partial charge in [0, 0.05) is 12.4 Å². The summed E-state index contributed by atoms with van der Waals surface area (Å²) in [5.74, 6) is -2.76. The first-order valence-electron chi connectivity index (χ1n) is 9.22. The molecule has 0 heterocycles. The van der Waals surface area contributed by atoms with Crippen molar-refractivity contribution in [1.29, 1.82) is 0 Å². The van der Waals surface area contributed by atoms with Gasteiger partial charge in [0.25, 0.3) is 0 Å². The van der Waals surface area contributed by atoms with E-state index in [1.807, 2.05) is 0 Å². The van der Waals surface area contributed by atoms with E-state index in [0.29, 0.717) is 6.54 Å². The van der Waals surface area contributed by atoms with Gasteiger partial charge in [-0.15, -0.1) is 0 Å². The minimum Gasteiger partial charge on any atom is -0.550 e. The first-order chi connectivity index (χ1) is 11.1. The second kappa shape index (κ2) is 24.2. The van der Waals surface area contributed by atoms with Gasteiger partial charge in [-0.2, -0.15) is 0 Å². The Labute approximate surface area is 238 Å². The molecule has 0 saturated heterocycles. The first kappa shape index (κ1) is 31.9. The maximum Gasteiger partial charge on any atom is 1.00 e. The van der Waals surface area contributed by atoms with Crippen LogP contribution in [0, 0.1) is 0 Å². The standard InChI is InChI=1S/C18H35NO4.2K/c1-2-3-4-5-6-7-8-9-10-11-12-13-14-19-16(18(22)23)15-17(20)21;;/h16,19H,2-15H2,1H3,(H,20,21)(H,22,23);;/q;2*+1/p-2/t16-;;/m0../s1. The van der Waals surface area contributed by atoms with Crippen molar-refractivity contribution < 1.29 is 123 Å². The number of hydrogen-bond acceptors (Lipinski definition) is 5. The fourth-order valence-corrected chi connectivity index (χ4v) is 2.65. The van der Waals surface area contributed by atoms with Crippen LogP contribution >= 0.6 is 0 Å². The Balaban J connectivity index is -0.00000242. The van der Waals surface area contributed by atoms with Crippen molar-refractivity contribution in [3.63, 3.8) is 0 Å². The predicted octanol–water partition coefficient (Wildman–Crippen LogP) is -4.46. The normalized spacial score (nSPS) is 11.2. The van der Waals surface area contributed by atoms with Gasteiger partial charge in [0.1, 0.15) is 0 Å². The summed E-state index contributed by atoms with van der Waals surface area (Å²) in [5.41, 5.74) is 0.